The molecule has 2 rings (SSSR count). The zero-order valence-corrected chi connectivity index (χ0v) is 11.2. The Morgan fingerprint density at radius 2 is 2.29 bits per heavy atom. The predicted octanol–water partition coefficient (Wildman–Crippen LogP) is 3.30. The largest absolute Gasteiger partial charge is 0.242 e. The molecule has 76 valence electrons. The minimum atomic E-state index is 0.715. The Hall–Kier alpha value is 0.260. The molecule has 0 saturated heterocycles. The quantitative estimate of drug-likeness (QED) is 0.608. The number of nitrogens with zero attached hydrogens (tertiary/aromatic N) is 1. The Bertz CT molecular complexity index is 316. The van der Waals surface area contributed by atoms with Gasteiger partial charge in [0, 0.05) is 47.6 Å². The Kier molecular flexibility index (Phi) is 3.73. The third-order valence-corrected chi connectivity index (χ3v) is 4.09. The first kappa shape index (κ1) is 10.8. The zero-order valence-electron chi connectivity index (χ0n) is 8.24. The van der Waals surface area contributed by atoms with Crippen LogP contribution in [0.25, 0.3) is 0 Å². The molecule has 1 unspecified atom stereocenters. The highest BCUT2D eigenvalue weighted by Crippen LogP contribution is 2.31. The molecule has 1 aliphatic rings. The molecular weight excluding hydrogens is 305 g/mol. The molecule has 1 aliphatic heterocycles. The van der Waals surface area contributed by atoms with E-state index >= 15 is 0 Å². The summed E-state index contributed by atoms with van der Waals surface area (Å²) >= 11 is 4.38. The maximum atomic E-state index is 2.43. The lowest BCUT2D eigenvalue weighted by atomic mass is 9.92. The highest BCUT2D eigenvalue weighted by Gasteiger charge is 2.22. The van der Waals surface area contributed by atoms with Crippen LogP contribution in [0.4, 0.5) is 0 Å². The fourth-order valence-electron chi connectivity index (χ4n) is 2.01. The number of rotatable bonds is 2. The Morgan fingerprint density at radius 3 is 3.07 bits per heavy atom. The second-order valence-corrected chi connectivity index (χ2v) is 5.93. The smallest absolute Gasteiger partial charge is 0.0335 e. The minimum absolute atomic E-state index is 0.715. The van der Waals surface area contributed by atoms with Crippen molar-refractivity contribution in [1.29, 1.82) is 0 Å². The minimum Gasteiger partial charge on any atom is -0.242 e. The Balaban J connectivity index is 2.28. The van der Waals surface area contributed by atoms with E-state index < -0.39 is 0 Å². The fraction of sp³-hybridized carbons (Fsp3) is 0.455. The molecule has 0 saturated carbocycles. The summed E-state index contributed by atoms with van der Waals surface area (Å²) in [5, 5.41) is 0. The number of thioether (sulfide) groups is 1. The van der Waals surface area contributed by atoms with E-state index in [0.717, 1.165) is 6.54 Å². The number of fused-ring (bicyclic) bond motifs is 1. The fourth-order valence-corrected chi connectivity index (χ4v) is 3.54. The van der Waals surface area contributed by atoms with Gasteiger partial charge < -0.3 is 0 Å². The molecule has 1 heterocycles. The third-order valence-electron chi connectivity index (χ3n) is 2.62. The van der Waals surface area contributed by atoms with Gasteiger partial charge in [0.25, 0.3) is 0 Å². The summed E-state index contributed by atoms with van der Waals surface area (Å²) < 4.78 is 2.39. The topological polar surface area (TPSA) is 3.24 Å². The van der Waals surface area contributed by atoms with Crippen molar-refractivity contribution in [2.45, 2.75) is 12.5 Å². The van der Waals surface area contributed by atoms with Crippen molar-refractivity contribution >= 4 is 34.6 Å². The van der Waals surface area contributed by atoms with Gasteiger partial charge in [0.05, 0.1) is 0 Å². The van der Waals surface area contributed by atoms with Crippen LogP contribution in [0.15, 0.2) is 24.3 Å². The average Bonchev–Trinajstić information content (AvgIpc) is 2.18. The van der Waals surface area contributed by atoms with Crippen LogP contribution < -0.4 is 0 Å². The molecule has 14 heavy (non-hydrogen) atoms. The van der Waals surface area contributed by atoms with Gasteiger partial charge in [0.15, 0.2) is 0 Å². The molecule has 0 fully saturated rings. The number of halogens is 1. The Morgan fingerprint density at radius 1 is 1.50 bits per heavy atom. The SMILES string of the molecule is CSCC1CN(I)Cc2ccccc21. The highest BCUT2D eigenvalue weighted by atomic mass is 127. The molecule has 1 aromatic rings. The second kappa shape index (κ2) is 4.86. The van der Waals surface area contributed by atoms with E-state index in [1.165, 1.54) is 17.9 Å². The van der Waals surface area contributed by atoms with Crippen LogP contribution in [0.2, 0.25) is 0 Å². The van der Waals surface area contributed by atoms with Gasteiger partial charge in [-0.3, -0.25) is 0 Å². The average molecular weight is 319 g/mol. The maximum Gasteiger partial charge on any atom is 0.0335 e. The van der Waals surface area contributed by atoms with Crippen molar-refractivity contribution in [1.82, 2.24) is 3.11 Å². The van der Waals surface area contributed by atoms with Crippen LogP contribution in [0.3, 0.4) is 0 Å². The molecule has 0 amide bonds. The Labute approximate surface area is 104 Å². The molecule has 1 aromatic carbocycles. The summed E-state index contributed by atoms with van der Waals surface area (Å²) in [7, 11) is 0. The number of benzene rings is 1. The van der Waals surface area contributed by atoms with E-state index in [9.17, 15) is 0 Å². The van der Waals surface area contributed by atoms with Crippen molar-refractivity contribution in [2.24, 2.45) is 0 Å². The van der Waals surface area contributed by atoms with Gasteiger partial charge >= 0.3 is 0 Å². The molecule has 0 spiro atoms. The monoisotopic (exact) mass is 319 g/mol. The molecule has 1 nitrogen and oxygen atoms in total. The van der Waals surface area contributed by atoms with E-state index in [1.807, 2.05) is 11.8 Å². The molecule has 0 N–H and O–H groups in total. The normalized spacial score (nSPS) is 22.0. The number of hydrogen-bond acceptors (Lipinski definition) is 2. The maximum absolute atomic E-state index is 2.43. The van der Waals surface area contributed by atoms with E-state index in [4.69, 9.17) is 0 Å². The molecule has 3 heteroatoms. The van der Waals surface area contributed by atoms with Gasteiger partial charge in [-0.1, -0.05) is 24.3 Å². The first-order valence-corrected chi connectivity index (χ1v) is 7.14. The van der Waals surface area contributed by atoms with Crippen LogP contribution in [-0.2, 0) is 6.54 Å². The van der Waals surface area contributed by atoms with Gasteiger partial charge in [-0.05, 0) is 17.4 Å². The number of hydrogen-bond donors (Lipinski definition) is 0. The van der Waals surface area contributed by atoms with Gasteiger partial charge in [-0.25, -0.2) is 3.11 Å². The standard InChI is InChI=1S/C11H14INS/c1-14-8-10-7-13(12)6-9-4-2-3-5-11(9)10/h2-5,10H,6-8H2,1H3. The summed E-state index contributed by atoms with van der Waals surface area (Å²) in [5.74, 6) is 1.95. The first-order chi connectivity index (χ1) is 6.81. The third kappa shape index (κ3) is 2.25. The summed E-state index contributed by atoms with van der Waals surface area (Å²) in [6.45, 7) is 2.29. The van der Waals surface area contributed by atoms with Crippen molar-refractivity contribution in [2.75, 3.05) is 18.6 Å². The summed E-state index contributed by atoms with van der Waals surface area (Å²) in [5.41, 5.74) is 3.07. The molecular formula is C11H14INS. The second-order valence-electron chi connectivity index (χ2n) is 3.65. The van der Waals surface area contributed by atoms with Crippen LogP contribution in [0.5, 0.6) is 0 Å². The predicted molar refractivity (Wildman–Crippen MR) is 72.0 cm³/mol. The summed E-state index contributed by atoms with van der Waals surface area (Å²) in [4.78, 5) is 0. The lowest BCUT2D eigenvalue weighted by Gasteiger charge is -2.30. The lowest BCUT2D eigenvalue weighted by Crippen LogP contribution is -2.27. The summed E-state index contributed by atoms with van der Waals surface area (Å²) in [6, 6.07) is 8.85. The molecule has 0 aliphatic carbocycles. The highest BCUT2D eigenvalue weighted by molar-refractivity contribution is 14.1. The first-order valence-electron chi connectivity index (χ1n) is 4.78. The van der Waals surface area contributed by atoms with E-state index in [2.05, 4.69) is 56.5 Å². The molecule has 0 aromatic heterocycles. The molecule has 0 radical (unpaired) electrons. The van der Waals surface area contributed by atoms with Crippen molar-refractivity contribution in [3.05, 3.63) is 35.4 Å². The van der Waals surface area contributed by atoms with Crippen LogP contribution in [-0.4, -0.2) is 21.7 Å². The van der Waals surface area contributed by atoms with E-state index in [0.29, 0.717) is 5.92 Å². The van der Waals surface area contributed by atoms with Gasteiger partial charge in [0.2, 0.25) is 0 Å². The van der Waals surface area contributed by atoms with Crippen LogP contribution in [0.1, 0.15) is 17.0 Å². The van der Waals surface area contributed by atoms with E-state index in [-0.39, 0.29) is 0 Å². The lowest BCUT2D eigenvalue weighted by molar-refractivity contribution is 0.440. The molecule has 0 bridgehead atoms. The van der Waals surface area contributed by atoms with Gasteiger partial charge in [-0.15, -0.1) is 0 Å². The zero-order chi connectivity index (χ0) is 9.97. The van der Waals surface area contributed by atoms with Gasteiger partial charge in [-0.2, -0.15) is 11.8 Å². The van der Waals surface area contributed by atoms with Crippen molar-refractivity contribution in [3.8, 4) is 0 Å². The van der Waals surface area contributed by atoms with Gasteiger partial charge in [0.1, 0.15) is 0 Å². The molecule has 1 atom stereocenters. The van der Waals surface area contributed by atoms with Crippen LogP contribution >= 0.6 is 34.6 Å². The van der Waals surface area contributed by atoms with E-state index in [1.54, 1.807) is 5.56 Å². The van der Waals surface area contributed by atoms with Crippen molar-refractivity contribution < 1.29 is 0 Å². The van der Waals surface area contributed by atoms with Crippen LogP contribution in [0, 0.1) is 0 Å². The van der Waals surface area contributed by atoms with Crippen molar-refractivity contribution in [3.63, 3.8) is 0 Å². The summed E-state index contributed by atoms with van der Waals surface area (Å²) in [6.07, 6.45) is 2.19.